The third kappa shape index (κ3) is 3.80. The Labute approximate surface area is 106 Å². The van der Waals surface area contributed by atoms with Crippen LogP contribution < -0.4 is 0 Å². The van der Waals surface area contributed by atoms with E-state index in [9.17, 15) is 4.79 Å². The van der Waals surface area contributed by atoms with E-state index in [2.05, 4.69) is 41.5 Å². The molecule has 0 radical (unpaired) electrons. The fraction of sp³-hybridized carbons (Fsp3) is 0.933. The fourth-order valence-electron chi connectivity index (χ4n) is 2.54. The van der Waals surface area contributed by atoms with Gasteiger partial charge in [-0.3, -0.25) is 0 Å². The van der Waals surface area contributed by atoms with E-state index in [-0.39, 0.29) is 17.6 Å². The number of hydrogen-bond acceptors (Lipinski definition) is 2. The van der Waals surface area contributed by atoms with Crippen molar-refractivity contribution >= 4 is 6.29 Å². The summed E-state index contributed by atoms with van der Waals surface area (Å²) in [5, 5.41) is 0. The summed E-state index contributed by atoms with van der Waals surface area (Å²) in [5.41, 5.74) is 0.233. The third-order valence-corrected chi connectivity index (χ3v) is 4.44. The molecule has 0 aliphatic carbocycles. The lowest BCUT2D eigenvalue weighted by molar-refractivity contribution is -0.142. The molecule has 1 aliphatic rings. The third-order valence-electron chi connectivity index (χ3n) is 4.44. The first-order valence-corrected chi connectivity index (χ1v) is 6.86. The number of aldehydes is 1. The first-order chi connectivity index (χ1) is 7.75. The molecule has 4 unspecified atom stereocenters. The molecule has 0 spiro atoms. The quantitative estimate of drug-likeness (QED) is 0.703. The molecule has 0 aromatic rings. The van der Waals surface area contributed by atoms with Crippen LogP contribution >= 0.6 is 0 Å². The van der Waals surface area contributed by atoms with E-state index < -0.39 is 0 Å². The highest BCUT2D eigenvalue weighted by Gasteiger charge is 2.37. The molecular formula is C15H28O2. The summed E-state index contributed by atoms with van der Waals surface area (Å²) in [4.78, 5) is 11.0. The maximum atomic E-state index is 11.0. The van der Waals surface area contributed by atoms with E-state index in [1.807, 2.05) is 0 Å². The Hall–Kier alpha value is -0.370. The fourth-order valence-corrected chi connectivity index (χ4v) is 2.54. The Bertz CT molecular complexity index is 252. The molecule has 1 heterocycles. The van der Waals surface area contributed by atoms with Crippen molar-refractivity contribution in [2.75, 3.05) is 0 Å². The normalized spacial score (nSPS) is 32.5. The molecule has 1 rings (SSSR count). The minimum atomic E-state index is -0.189. The maximum absolute atomic E-state index is 11.0. The van der Waals surface area contributed by atoms with Crippen LogP contribution in [-0.2, 0) is 9.53 Å². The summed E-state index contributed by atoms with van der Waals surface area (Å²) >= 11 is 0. The first kappa shape index (κ1) is 14.7. The molecular weight excluding hydrogens is 212 g/mol. The van der Waals surface area contributed by atoms with E-state index in [0.29, 0.717) is 17.8 Å². The minimum absolute atomic E-state index is 0.189. The standard InChI is InChI=1S/C15H28O2/c1-10(2)12-7-13(9-16)17-14(8-12)11(3)15(4,5)6/h9-14H,7-8H2,1-6H3. The number of carbonyl (C=O) groups excluding carboxylic acids is 1. The predicted octanol–water partition coefficient (Wildman–Crippen LogP) is 3.69. The van der Waals surface area contributed by atoms with Gasteiger partial charge in [-0.15, -0.1) is 0 Å². The SMILES string of the molecule is CC(C)C1CC(C=O)OC(C(C)C(C)(C)C)C1. The van der Waals surface area contributed by atoms with Crippen LogP contribution in [0.3, 0.4) is 0 Å². The van der Waals surface area contributed by atoms with Gasteiger partial charge in [0.1, 0.15) is 12.4 Å². The molecule has 0 aromatic heterocycles. The van der Waals surface area contributed by atoms with Crippen LogP contribution in [0.5, 0.6) is 0 Å². The Morgan fingerprint density at radius 1 is 1.18 bits per heavy atom. The molecule has 100 valence electrons. The largest absolute Gasteiger partial charge is 0.367 e. The van der Waals surface area contributed by atoms with Crippen LogP contribution in [0.2, 0.25) is 0 Å². The molecule has 1 aliphatic heterocycles. The lowest BCUT2D eigenvalue weighted by Gasteiger charge is -2.42. The van der Waals surface area contributed by atoms with E-state index in [1.165, 1.54) is 0 Å². The van der Waals surface area contributed by atoms with Crippen molar-refractivity contribution in [2.45, 2.75) is 66.6 Å². The predicted molar refractivity (Wildman–Crippen MR) is 70.9 cm³/mol. The monoisotopic (exact) mass is 240 g/mol. The number of rotatable bonds is 3. The lowest BCUT2D eigenvalue weighted by atomic mass is 9.73. The van der Waals surface area contributed by atoms with Gasteiger partial charge < -0.3 is 9.53 Å². The Morgan fingerprint density at radius 2 is 1.76 bits per heavy atom. The second-order valence-corrected chi connectivity index (χ2v) is 6.98. The molecule has 17 heavy (non-hydrogen) atoms. The molecule has 2 nitrogen and oxygen atoms in total. The Kier molecular flexibility index (Phi) is 4.77. The second-order valence-electron chi connectivity index (χ2n) is 6.98. The molecule has 1 saturated heterocycles. The van der Waals surface area contributed by atoms with E-state index in [1.54, 1.807) is 0 Å². The summed E-state index contributed by atoms with van der Waals surface area (Å²) in [5.74, 6) is 1.73. The van der Waals surface area contributed by atoms with E-state index in [4.69, 9.17) is 4.74 Å². The van der Waals surface area contributed by atoms with Crippen LogP contribution in [0.4, 0.5) is 0 Å². The smallest absolute Gasteiger partial charge is 0.148 e. The maximum Gasteiger partial charge on any atom is 0.148 e. The molecule has 1 fully saturated rings. The van der Waals surface area contributed by atoms with Gasteiger partial charge in [-0.05, 0) is 36.0 Å². The number of ether oxygens (including phenoxy) is 1. The van der Waals surface area contributed by atoms with Gasteiger partial charge >= 0.3 is 0 Å². The zero-order valence-electron chi connectivity index (χ0n) is 12.2. The highest BCUT2D eigenvalue weighted by atomic mass is 16.5. The summed E-state index contributed by atoms with van der Waals surface area (Å²) < 4.78 is 5.94. The molecule has 0 amide bonds. The zero-order chi connectivity index (χ0) is 13.2. The summed E-state index contributed by atoms with van der Waals surface area (Å²) in [6.45, 7) is 13.5. The van der Waals surface area contributed by atoms with E-state index in [0.717, 1.165) is 19.1 Å². The molecule has 0 bridgehead atoms. The summed E-state index contributed by atoms with van der Waals surface area (Å²) in [6, 6.07) is 0. The minimum Gasteiger partial charge on any atom is -0.367 e. The molecule has 0 saturated carbocycles. The molecule has 4 atom stereocenters. The van der Waals surface area contributed by atoms with Gasteiger partial charge in [0.15, 0.2) is 0 Å². The van der Waals surface area contributed by atoms with Gasteiger partial charge in [0, 0.05) is 0 Å². The zero-order valence-corrected chi connectivity index (χ0v) is 12.2. The van der Waals surface area contributed by atoms with Crippen molar-refractivity contribution in [2.24, 2.45) is 23.2 Å². The molecule has 0 N–H and O–H groups in total. The van der Waals surface area contributed by atoms with Crippen molar-refractivity contribution in [3.8, 4) is 0 Å². The van der Waals surface area contributed by atoms with Crippen LogP contribution in [0.15, 0.2) is 0 Å². The number of carbonyl (C=O) groups is 1. The van der Waals surface area contributed by atoms with Crippen molar-refractivity contribution in [1.82, 2.24) is 0 Å². The molecule has 0 aromatic carbocycles. The number of hydrogen-bond donors (Lipinski definition) is 0. The van der Waals surface area contributed by atoms with Gasteiger partial charge in [-0.2, -0.15) is 0 Å². The van der Waals surface area contributed by atoms with Crippen LogP contribution in [0.1, 0.15) is 54.4 Å². The van der Waals surface area contributed by atoms with Crippen LogP contribution in [0.25, 0.3) is 0 Å². The average Bonchev–Trinajstić information content (AvgIpc) is 2.26. The summed E-state index contributed by atoms with van der Waals surface area (Å²) in [6.07, 6.45) is 3.02. The van der Waals surface area contributed by atoms with E-state index >= 15 is 0 Å². The highest BCUT2D eigenvalue weighted by Crippen LogP contribution is 2.38. The molecule has 2 heteroatoms. The van der Waals surface area contributed by atoms with Crippen molar-refractivity contribution in [1.29, 1.82) is 0 Å². The lowest BCUT2D eigenvalue weighted by Crippen LogP contribution is -2.42. The van der Waals surface area contributed by atoms with Gasteiger partial charge in [0.05, 0.1) is 6.10 Å². The average molecular weight is 240 g/mol. The summed E-state index contributed by atoms with van der Waals surface area (Å²) in [7, 11) is 0. The first-order valence-electron chi connectivity index (χ1n) is 6.86. The van der Waals surface area contributed by atoms with Gasteiger partial charge in [0.2, 0.25) is 0 Å². The van der Waals surface area contributed by atoms with Crippen molar-refractivity contribution in [3.63, 3.8) is 0 Å². The van der Waals surface area contributed by atoms with Gasteiger partial charge in [-0.25, -0.2) is 0 Å². The highest BCUT2D eigenvalue weighted by molar-refractivity contribution is 5.56. The topological polar surface area (TPSA) is 26.3 Å². The van der Waals surface area contributed by atoms with Crippen molar-refractivity contribution < 1.29 is 9.53 Å². The van der Waals surface area contributed by atoms with Gasteiger partial charge in [-0.1, -0.05) is 41.5 Å². The Morgan fingerprint density at radius 3 is 2.18 bits per heavy atom. The van der Waals surface area contributed by atoms with Gasteiger partial charge in [0.25, 0.3) is 0 Å². The second kappa shape index (κ2) is 5.51. The van der Waals surface area contributed by atoms with Crippen LogP contribution in [0, 0.1) is 23.2 Å². The Balaban J connectivity index is 2.75. The van der Waals surface area contributed by atoms with Crippen LogP contribution in [-0.4, -0.2) is 18.5 Å². The van der Waals surface area contributed by atoms with Crippen molar-refractivity contribution in [3.05, 3.63) is 0 Å².